The monoisotopic (exact) mass is 411 g/mol. The molecule has 0 unspecified atom stereocenters. The minimum atomic E-state index is -0.458. The minimum absolute atomic E-state index is 0.103. The van der Waals surface area contributed by atoms with Gasteiger partial charge in [-0.3, -0.25) is 4.79 Å². The average Bonchev–Trinajstić information content (AvgIpc) is 3.01. The first-order chi connectivity index (χ1) is 14.0. The van der Waals surface area contributed by atoms with Crippen LogP contribution in [0.15, 0.2) is 42.5 Å². The molecule has 3 rings (SSSR count). The van der Waals surface area contributed by atoms with Gasteiger partial charge in [0.2, 0.25) is 0 Å². The fourth-order valence-electron chi connectivity index (χ4n) is 3.78. The summed E-state index contributed by atoms with van der Waals surface area (Å²) in [7, 11) is 3.32. The molecular formula is C24H26ClNO3. The number of rotatable bonds is 8. The summed E-state index contributed by atoms with van der Waals surface area (Å²) in [5.41, 5.74) is 3.49. The molecule has 3 aromatic rings. The molecule has 0 fully saturated rings. The van der Waals surface area contributed by atoms with Gasteiger partial charge in [0, 0.05) is 34.2 Å². The number of ketones is 1. The predicted molar refractivity (Wildman–Crippen MR) is 117 cm³/mol. The number of hydrogen-bond donors (Lipinski definition) is 0. The fourth-order valence-corrected chi connectivity index (χ4v) is 3.96. The van der Waals surface area contributed by atoms with E-state index < -0.39 is 5.97 Å². The van der Waals surface area contributed by atoms with Crippen LogP contribution in [-0.2, 0) is 18.2 Å². The van der Waals surface area contributed by atoms with Crippen LogP contribution < -0.4 is 0 Å². The normalized spacial score (nSPS) is 11.0. The first kappa shape index (κ1) is 21.1. The molecule has 0 aliphatic heterocycles. The molecule has 0 spiro atoms. The molecule has 5 heteroatoms. The summed E-state index contributed by atoms with van der Waals surface area (Å²) in [4.78, 5) is 25.4. The summed E-state index contributed by atoms with van der Waals surface area (Å²) in [6.07, 6.45) is 5.32. The van der Waals surface area contributed by atoms with Crippen LogP contribution in [0.2, 0.25) is 5.02 Å². The molecular weight excluding hydrogens is 386 g/mol. The van der Waals surface area contributed by atoms with E-state index in [1.165, 1.54) is 13.5 Å². The lowest BCUT2D eigenvalue weighted by Crippen LogP contribution is -2.09. The third-order valence-corrected chi connectivity index (χ3v) is 5.56. The van der Waals surface area contributed by atoms with E-state index in [4.69, 9.17) is 16.3 Å². The van der Waals surface area contributed by atoms with Crippen molar-refractivity contribution in [3.8, 4) is 0 Å². The van der Waals surface area contributed by atoms with Crippen molar-refractivity contribution >= 4 is 34.3 Å². The highest BCUT2D eigenvalue weighted by molar-refractivity contribution is 6.31. The number of nitrogens with zero attached hydrogens (tertiary/aromatic N) is 1. The number of unbranched alkanes of at least 4 members (excludes halogenated alkanes) is 3. The number of esters is 1. The van der Waals surface area contributed by atoms with E-state index in [1.54, 1.807) is 24.3 Å². The van der Waals surface area contributed by atoms with E-state index in [1.807, 2.05) is 25.2 Å². The Kier molecular flexibility index (Phi) is 6.75. The van der Waals surface area contributed by atoms with Gasteiger partial charge in [-0.25, -0.2) is 4.79 Å². The number of aromatic nitrogens is 1. The lowest BCUT2D eigenvalue weighted by Gasteiger charge is -2.09. The maximum atomic E-state index is 13.5. The van der Waals surface area contributed by atoms with Gasteiger partial charge in [-0.2, -0.15) is 0 Å². The Bertz CT molecular complexity index is 1050. The average molecular weight is 412 g/mol. The lowest BCUT2D eigenvalue weighted by molar-refractivity contribution is 0.0600. The topological polar surface area (TPSA) is 48.3 Å². The van der Waals surface area contributed by atoms with Crippen molar-refractivity contribution in [2.75, 3.05) is 7.11 Å². The highest BCUT2D eigenvalue weighted by Gasteiger charge is 2.23. The predicted octanol–water partition coefficient (Wildman–Crippen LogP) is 5.97. The molecule has 1 aromatic heterocycles. The lowest BCUT2D eigenvalue weighted by atomic mass is 9.96. The number of halogens is 1. The maximum absolute atomic E-state index is 13.5. The van der Waals surface area contributed by atoms with Crippen molar-refractivity contribution in [3.05, 3.63) is 69.9 Å². The van der Waals surface area contributed by atoms with E-state index in [0.717, 1.165) is 42.3 Å². The Morgan fingerprint density at radius 2 is 1.79 bits per heavy atom. The molecule has 2 aromatic carbocycles. The molecule has 0 saturated carbocycles. The van der Waals surface area contributed by atoms with Crippen molar-refractivity contribution in [2.45, 2.75) is 39.0 Å². The molecule has 0 aliphatic rings. The molecule has 29 heavy (non-hydrogen) atoms. The van der Waals surface area contributed by atoms with Crippen LogP contribution in [0.5, 0.6) is 0 Å². The zero-order valence-electron chi connectivity index (χ0n) is 17.1. The third kappa shape index (κ3) is 4.38. The fraction of sp³-hybridized carbons (Fsp3) is 0.333. The van der Waals surface area contributed by atoms with Gasteiger partial charge >= 0.3 is 5.97 Å². The van der Waals surface area contributed by atoms with Crippen molar-refractivity contribution < 1.29 is 14.3 Å². The third-order valence-electron chi connectivity index (χ3n) is 5.32. The minimum Gasteiger partial charge on any atom is -0.465 e. The molecule has 0 bridgehead atoms. The molecule has 0 N–H and O–H groups in total. The number of carbonyl (C=O) groups is 2. The largest absolute Gasteiger partial charge is 0.465 e. The van der Waals surface area contributed by atoms with Gasteiger partial charge in [0.25, 0.3) is 0 Å². The Morgan fingerprint density at radius 1 is 1.03 bits per heavy atom. The zero-order chi connectivity index (χ0) is 21.0. The van der Waals surface area contributed by atoms with Crippen LogP contribution in [0.25, 0.3) is 10.9 Å². The molecule has 1 heterocycles. The summed E-state index contributed by atoms with van der Waals surface area (Å²) in [5, 5.41) is 1.44. The molecule has 152 valence electrons. The van der Waals surface area contributed by atoms with Crippen LogP contribution in [-0.4, -0.2) is 23.4 Å². The Hall–Kier alpha value is -2.59. The van der Waals surface area contributed by atoms with E-state index in [9.17, 15) is 9.59 Å². The van der Waals surface area contributed by atoms with Gasteiger partial charge in [0.15, 0.2) is 5.78 Å². The molecule has 4 nitrogen and oxygen atoms in total. The smallest absolute Gasteiger partial charge is 0.337 e. The number of ether oxygens (including phenoxy) is 1. The van der Waals surface area contributed by atoms with Crippen molar-refractivity contribution in [1.29, 1.82) is 0 Å². The van der Waals surface area contributed by atoms with Gasteiger partial charge in [-0.05, 0) is 43.2 Å². The second kappa shape index (κ2) is 9.27. The van der Waals surface area contributed by atoms with Crippen molar-refractivity contribution in [2.24, 2.45) is 7.05 Å². The number of methoxy groups -OCH3 is 1. The van der Waals surface area contributed by atoms with Gasteiger partial charge in [-0.1, -0.05) is 49.9 Å². The standard InChI is InChI=1S/C24H26ClNO3/c1-4-5-6-7-11-21-22(19-15-18(25)12-13-20(19)26(21)2)23(27)16-9-8-10-17(14-16)24(28)29-3/h8-10,12-15H,4-7,11H2,1-3H3. The van der Waals surface area contributed by atoms with Crippen LogP contribution in [0.3, 0.4) is 0 Å². The van der Waals surface area contributed by atoms with Crippen LogP contribution in [0.1, 0.15) is 64.6 Å². The summed E-state index contributed by atoms with van der Waals surface area (Å²) in [6.45, 7) is 2.18. The van der Waals surface area contributed by atoms with Crippen molar-refractivity contribution in [1.82, 2.24) is 4.57 Å². The quantitative estimate of drug-likeness (QED) is 0.260. The first-order valence-corrected chi connectivity index (χ1v) is 10.4. The summed E-state index contributed by atoms with van der Waals surface area (Å²) in [6, 6.07) is 12.3. The highest BCUT2D eigenvalue weighted by Crippen LogP contribution is 2.31. The Morgan fingerprint density at radius 3 is 2.52 bits per heavy atom. The summed E-state index contributed by atoms with van der Waals surface area (Å²) in [5.74, 6) is -0.561. The Balaban J connectivity index is 2.10. The zero-order valence-corrected chi connectivity index (χ0v) is 17.9. The molecule has 0 aliphatic carbocycles. The molecule has 0 atom stereocenters. The van der Waals surface area contributed by atoms with Crippen LogP contribution in [0.4, 0.5) is 0 Å². The highest BCUT2D eigenvalue weighted by atomic mass is 35.5. The first-order valence-electron chi connectivity index (χ1n) is 9.97. The molecule has 0 amide bonds. The van der Waals surface area contributed by atoms with Gasteiger partial charge in [-0.15, -0.1) is 0 Å². The van der Waals surface area contributed by atoms with E-state index in [0.29, 0.717) is 21.7 Å². The van der Waals surface area contributed by atoms with Crippen LogP contribution >= 0.6 is 11.6 Å². The van der Waals surface area contributed by atoms with E-state index >= 15 is 0 Å². The number of aryl methyl sites for hydroxylation is 1. The van der Waals surface area contributed by atoms with Crippen LogP contribution in [0, 0.1) is 0 Å². The number of fused-ring (bicyclic) bond motifs is 1. The van der Waals surface area contributed by atoms with Crippen molar-refractivity contribution in [3.63, 3.8) is 0 Å². The molecule has 0 saturated heterocycles. The second-order valence-corrected chi connectivity index (χ2v) is 7.69. The van der Waals surface area contributed by atoms with E-state index in [2.05, 4.69) is 11.5 Å². The molecule has 0 radical (unpaired) electrons. The number of benzene rings is 2. The van der Waals surface area contributed by atoms with Gasteiger partial charge in [0.05, 0.1) is 18.2 Å². The number of hydrogen-bond acceptors (Lipinski definition) is 3. The summed E-state index contributed by atoms with van der Waals surface area (Å²) < 4.78 is 6.89. The SMILES string of the molecule is CCCCCCc1c(C(=O)c2cccc(C(=O)OC)c2)c2cc(Cl)ccc2n1C. The number of carbonyl (C=O) groups excluding carboxylic acids is 2. The van der Waals surface area contributed by atoms with Gasteiger partial charge in [0.1, 0.15) is 0 Å². The Labute approximate surface area is 176 Å². The second-order valence-electron chi connectivity index (χ2n) is 7.25. The van der Waals surface area contributed by atoms with Gasteiger partial charge < -0.3 is 9.30 Å². The summed E-state index contributed by atoms with van der Waals surface area (Å²) >= 11 is 6.25. The maximum Gasteiger partial charge on any atom is 0.337 e. The van der Waals surface area contributed by atoms with E-state index in [-0.39, 0.29) is 5.78 Å².